The van der Waals surface area contributed by atoms with Crippen molar-refractivity contribution in [2.24, 2.45) is 22.2 Å². The zero-order valence-electron chi connectivity index (χ0n) is 53.5. The standard InChI is InChI=1S/C47H51NO14.C26H33NO2/c1-25-31(60-43(56)36(52)35(28-16-10-7-11-17-28)48-41(54)29-18-12-8-13-19-29)23-47(57)40(61-42(55)30-20-14-9-15-21-30)38-45(6,32(51)22-33-46(38,24-58-33)62-27(3)50)39(53)37(59-26(2)49)34(25)44(47,4)5;1-19(11-16-24-21(3)10-7-17-26(24,4)5)8-6-9-20(2)18-25(29)27-22-12-14-23(28)15-13-22/h7-21,31-33,35-38,40,51-52,57H,22-24H2,1-6H3,(H,48,54);6,8-9,11-16,18,28H,7,10,17H2,1-5H3,(H,27,29)/b;9-6+,16-11+,19-8+,20-18+/t31-,32-,33+,35-,36+,37+,38-,40-,45+,46-,47+;/m0./s1. The molecule has 0 unspecified atom stereocenters. The van der Waals surface area contributed by atoms with E-state index in [0.29, 0.717) is 11.3 Å². The van der Waals surface area contributed by atoms with E-state index in [1.54, 1.807) is 123 Å². The summed E-state index contributed by atoms with van der Waals surface area (Å²) in [5.41, 5.74) is -1.13. The number of Topliss-reactive ketones (excluding diaryl/α,β-unsaturated/α-hetero) is 1. The van der Waals surface area contributed by atoms with Crippen molar-refractivity contribution in [1.29, 1.82) is 0 Å². The maximum Gasteiger partial charge on any atom is 0.338 e. The number of rotatable bonds is 16. The number of phenols is 1. The van der Waals surface area contributed by atoms with E-state index < -0.39 is 113 Å². The summed E-state index contributed by atoms with van der Waals surface area (Å²) in [6.45, 7) is 18.9. The second-order valence-electron chi connectivity index (χ2n) is 25.8. The molecule has 5 aliphatic rings. The third kappa shape index (κ3) is 14.5. The molecule has 6 N–H and O–H groups in total. The van der Waals surface area contributed by atoms with Gasteiger partial charge in [0.2, 0.25) is 5.91 Å². The van der Waals surface area contributed by atoms with Crippen molar-refractivity contribution in [2.75, 3.05) is 11.9 Å². The largest absolute Gasteiger partial charge is 0.508 e. The molecule has 0 radical (unpaired) electrons. The maximum atomic E-state index is 15.5. The van der Waals surface area contributed by atoms with Crippen LogP contribution >= 0.6 is 0 Å². The van der Waals surface area contributed by atoms with E-state index in [0.717, 1.165) is 19.4 Å². The number of ether oxygens (including phenoxy) is 5. The number of aliphatic hydroxyl groups is 3. The van der Waals surface area contributed by atoms with Crippen LogP contribution < -0.4 is 10.6 Å². The molecule has 4 aliphatic carbocycles. The third-order valence-electron chi connectivity index (χ3n) is 18.7. The van der Waals surface area contributed by atoms with Gasteiger partial charge in [-0.15, -0.1) is 0 Å². The molecule has 482 valence electrons. The Bertz CT molecular complexity index is 3590. The fourth-order valence-corrected chi connectivity index (χ4v) is 13.8. The topological polar surface area (TPSA) is 271 Å². The second kappa shape index (κ2) is 27.9. The molecule has 4 aromatic rings. The number of nitrogens with one attached hydrogen (secondary N) is 2. The van der Waals surface area contributed by atoms with Crippen LogP contribution in [-0.4, -0.2) is 116 Å². The molecule has 2 saturated carbocycles. The summed E-state index contributed by atoms with van der Waals surface area (Å²) >= 11 is 0. The molecule has 1 aliphatic heterocycles. The van der Waals surface area contributed by atoms with Gasteiger partial charge in [0, 0.05) is 49.4 Å². The van der Waals surface area contributed by atoms with Gasteiger partial charge in [-0.1, -0.05) is 136 Å². The van der Waals surface area contributed by atoms with E-state index in [9.17, 15) is 49.2 Å². The quantitative estimate of drug-likeness (QED) is 0.0152. The zero-order chi connectivity index (χ0) is 66.4. The number of ketones is 1. The molecule has 0 aromatic heterocycles. The lowest BCUT2D eigenvalue weighted by atomic mass is 9.44. The number of hydrogen-bond acceptors (Lipinski definition) is 16. The lowest BCUT2D eigenvalue weighted by Gasteiger charge is -2.67. The number of aromatic hydroxyl groups is 1. The second-order valence-corrected chi connectivity index (χ2v) is 25.8. The van der Waals surface area contributed by atoms with Crippen molar-refractivity contribution in [1.82, 2.24) is 5.32 Å². The van der Waals surface area contributed by atoms with Gasteiger partial charge in [0.25, 0.3) is 5.91 Å². The van der Waals surface area contributed by atoms with Crippen LogP contribution in [0.3, 0.4) is 0 Å². The minimum atomic E-state index is -2.39. The van der Waals surface area contributed by atoms with Crippen LogP contribution in [0.4, 0.5) is 5.69 Å². The maximum absolute atomic E-state index is 15.5. The van der Waals surface area contributed by atoms with Crippen LogP contribution in [0.1, 0.15) is 141 Å². The Morgan fingerprint density at radius 2 is 1.37 bits per heavy atom. The van der Waals surface area contributed by atoms with Crippen LogP contribution in [0.15, 0.2) is 185 Å². The van der Waals surface area contributed by atoms with Crippen LogP contribution in [0.2, 0.25) is 0 Å². The number of esters is 4. The van der Waals surface area contributed by atoms with Gasteiger partial charge in [-0.25, -0.2) is 9.59 Å². The van der Waals surface area contributed by atoms with Gasteiger partial charge in [0.15, 0.2) is 23.6 Å². The first-order valence-corrected chi connectivity index (χ1v) is 30.7. The van der Waals surface area contributed by atoms with Crippen molar-refractivity contribution < 1.29 is 77.7 Å². The van der Waals surface area contributed by atoms with Crippen molar-refractivity contribution in [2.45, 2.75) is 162 Å². The molecule has 18 nitrogen and oxygen atoms in total. The Labute approximate surface area is 531 Å². The van der Waals surface area contributed by atoms with Gasteiger partial charge < -0.3 is 54.7 Å². The number of benzene rings is 4. The summed E-state index contributed by atoms with van der Waals surface area (Å²) < 4.78 is 30.3. The highest BCUT2D eigenvalue weighted by molar-refractivity contribution is 6.00. The SMILES string of the molecule is CC(=O)O[C@H]1C(=O)[C@@]2(C)[C@H]([C@H](OC(=O)c3ccccc3)[C@]3(O)C[C@H](OC(=O)[C@H](O)[C@@H](NC(=O)c4ccccc4)c4ccccc4)C(C)=C1C3(C)C)[C@]1(OC(C)=O)CO[C@@H]1C[C@@H]2O.CC1=C(/C=C/C(C)=C/C=C/C(C)=C/C(=O)Nc2ccc(O)cc2)C(C)(C)CCC1. The average Bonchev–Trinajstić information content (AvgIpc) is 0.674. The normalized spacial score (nSPS) is 27.4. The first-order valence-electron chi connectivity index (χ1n) is 30.7. The number of hydrogen-bond donors (Lipinski definition) is 6. The van der Waals surface area contributed by atoms with Crippen LogP contribution in [-0.2, 0) is 47.7 Å². The minimum Gasteiger partial charge on any atom is -0.508 e. The van der Waals surface area contributed by atoms with Crippen LogP contribution in [0.25, 0.3) is 0 Å². The highest BCUT2D eigenvalue weighted by atomic mass is 16.6. The van der Waals surface area contributed by atoms with Crippen LogP contribution in [0, 0.1) is 22.2 Å². The molecule has 1 heterocycles. The van der Waals surface area contributed by atoms with Crippen molar-refractivity contribution in [3.8, 4) is 5.75 Å². The Hall–Kier alpha value is -8.55. The molecule has 2 amide bonds. The number of carbonyl (C=O) groups is 7. The van der Waals surface area contributed by atoms with Crippen molar-refractivity contribution in [3.63, 3.8) is 0 Å². The number of phenolic OH excluding ortho intramolecular Hbond substituents is 1. The molecule has 2 bridgehead atoms. The highest BCUT2D eigenvalue weighted by Gasteiger charge is 2.78. The minimum absolute atomic E-state index is 0.00289. The summed E-state index contributed by atoms with van der Waals surface area (Å²) in [6.07, 6.45) is 5.13. The van der Waals surface area contributed by atoms with E-state index in [2.05, 4.69) is 56.6 Å². The van der Waals surface area contributed by atoms with Crippen LogP contribution in [0.5, 0.6) is 5.75 Å². The van der Waals surface area contributed by atoms with Gasteiger partial charge in [-0.2, -0.15) is 0 Å². The average molecular weight is 1250 g/mol. The molecule has 4 aromatic carbocycles. The Kier molecular flexibility index (Phi) is 21.0. The number of carbonyl (C=O) groups excluding carboxylic acids is 7. The first kappa shape index (κ1) is 68.4. The third-order valence-corrected chi connectivity index (χ3v) is 18.7. The predicted molar refractivity (Wildman–Crippen MR) is 341 cm³/mol. The van der Waals surface area contributed by atoms with Crippen molar-refractivity contribution in [3.05, 3.63) is 202 Å². The molecule has 0 spiro atoms. The Morgan fingerprint density at radius 1 is 0.758 bits per heavy atom. The van der Waals surface area contributed by atoms with Gasteiger partial charge in [0.1, 0.15) is 29.7 Å². The molecule has 9 rings (SSSR count). The van der Waals surface area contributed by atoms with Crippen molar-refractivity contribution >= 4 is 47.2 Å². The molecule has 18 heteroatoms. The van der Waals surface area contributed by atoms with E-state index in [1.165, 1.54) is 62.0 Å². The fourth-order valence-electron chi connectivity index (χ4n) is 13.8. The highest BCUT2D eigenvalue weighted by Crippen LogP contribution is 2.64. The number of amides is 2. The fraction of sp³-hybridized carbons (Fsp3) is 0.411. The molecular formula is C73H84N2O16. The van der Waals surface area contributed by atoms with Gasteiger partial charge >= 0.3 is 23.9 Å². The van der Waals surface area contributed by atoms with E-state index in [4.69, 9.17) is 23.7 Å². The van der Waals surface area contributed by atoms with Gasteiger partial charge in [-0.05, 0) is 136 Å². The monoisotopic (exact) mass is 1240 g/mol. The van der Waals surface area contributed by atoms with E-state index in [1.807, 2.05) is 19.1 Å². The zero-order valence-corrected chi connectivity index (χ0v) is 53.5. The van der Waals surface area contributed by atoms with E-state index in [-0.39, 0.29) is 52.4 Å². The summed E-state index contributed by atoms with van der Waals surface area (Å²) in [6, 6.07) is 29.3. The first-order chi connectivity index (χ1) is 42.9. The molecule has 3 fully saturated rings. The number of aliphatic hydroxyl groups excluding tert-OH is 2. The molecular weight excluding hydrogens is 1160 g/mol. The summed E-state index contributed by atoms with van der Waals surface area (Å²) in [5.74, 6) is -6.86. The lowest BCUT2D eigenvalue weighted by molar-refractivity contribution is -0.346. The smallest absolute Gasteiger partial charge is 0.338 e. The summed E-state index contributed by atoms with van der Waals surface area (Å²) in [7, 11) is 0. The lowest BCUT2D eigenvalue weighted by Crippen LogP contribution is -2.82. The summed E-state index contributed by atoms with van der Waals surface area (Å²) in [4.78, 5) is 95.5. The van der Waals surface area contributed by atoms with E-state index >= 15 is 4.79 Å². The number of allylic oxidation sites excluding steroid dienone is 9. The van der Waals surface area contributed by atoms with Gasteiger partial charge in [0.05, 0.1) is 35.6 Å². The summed E-state index contributed by atoms with van der Waals surface area (Å²) in [5, 5.41) is 52.3. The number of anilines is 1. The Balaban J connectivity index is 0.000000308. The number of fused-ring (bicyclic) bond motifs is 5. The molecule has 1 saturated heterocycles. The predicted octanol–water partition coefficient (Wildman–Crippen LogP) is 10.6. The molecule has 11 atom stereocenters. The Morgan fingerprint density at radius 3 is 1.96 bits per heavy atom. The molecule has 91 heavy (non-hydrogen) atoms. The van der Waals surface area contributed by atoms with Gasteiger partial charge in [-0.3, -0.25) is 24.0 Å².